The van der Waals surface area contributed by atoms with Gasteiger partial charge in [-0.3, -0.25) is 9.59 Å². The predicted molar refractivity (Wildman–Crippen MR) is 81.7 cm³/mol. The van der Waals surface area contributed by atoms with Crippen molar-refractivity contribution in [3.8, 4) is 0 Å². The van der Waals surface area contributed by atoms with Crippen LogP contribution in [0.1, 0.15) is 18.9 Å². The highest BCUT2D eigenvalue weighted by Gasteiger charge is 2.21. The molecular formula is C15H19BrFNO3. The van der Waals surface area contributed by atoms with E-state index in [2.05, 4.69) is 15.9 Å². The van der Waals surface area contributed by atoms with Crippen molar-refractivity contribution >= 4 is 27.8 Å². The zero-order valence-corrected chi connectivity index (χ0v) is 13.7. The fourth-order valence-corrected chi connectivity index (χ4v) is 2.48. The van der Waals surface area contributed by atoms with Gasteiger partial charge >= 0.3 is 5.97 Å². The molecule has 0 aliphatic carbocycles. The second-order valence-corrected chi connectivity index (χ2v) is 5.68. The number of esters is 1. The number of rotatable bonds is 7. The van der Waals surface area contributed by atoms with E-state index in [1.54, 1.807) is 32.2 Å². The van der Waals surface area contributed by atoms with Crippen LogP contribution in [-0.4, -0.2) is 41.8 Å². The quantitative estimate of drug-likeness (QED) is 0.555. The number of benzene rings is 1. The molecule has 4 nitrogen and oxygen atoms in total. The minimum absolute atomic E-state index is 0.148. The van der Waals surface area contributed by atoms with Crippen LogP contribution in [-0.2, 0) is 20.7 Å². The SMILES string of the molecule is CCOC(=O)CCN(C)C(=O)C(Br)Cc1ccccc1F. The molecule has 0 saturated carbocycles. The molecule has 0 aromatic heterocycles. The highest BCUT2D eigenvalue weighted by molar-refractivity contribution is 9.10. The lowest BCUT2D eigenvalue weighted by molar-refractivity contribution is -0.143. The van der Waals surface area contributed by atoms with E-state index in [-0.39, 0.29) is 37.1 Å². The summed E-state index contributed by atoms with van der Waals surface area (Å²) in [6, 6.07) is 6.35. The molecule has 1 atom stereocenters. The Kier molecular flexibility index (Phi) is 7.36. The fraction of sp³-hybridized carbons (Fsp3) is 0.467. The Hall–Kier alpha value is -1.43. The van der Waals surface area contributed by atoms with Crippen LogP contribution in [0.15, 0.2) is 24.3 Å². The van der Waals surface area contributed by atoms with E-state index >= 15 is 0 Å². The zero-order chi connectivity index (χ0) is 15.8. The molecule has 0 heterocycles. The maximum atomic E-state index is 13.5. The van der Waals surface area contributed by atoms with Crippen molar-refractivity contribution < 1.29 is 18.7 Å². The van der Waals surface area contributed by atoms with Gasteiger partial charge in [0.05, 0.1) is 17.9 Å². The summed E-state index contributed by atoms with van der Waals surface area (Å²) in [4.78, 5) is 24.3. The Balaban J connectivity index is 2.50. The van der Waals surface area contributed by atoms with E-state index in [0.717, 1.165) is 0 Å². The molecule has 0 radical (unpaired) electrons. The molecule has 0 spiro atoms. The summed E-state index contributed by atoms with van der Waals surface area (Å²) in [5.74, 6) is -0.858. The summed E-state index contributed by atoms with van der Waals surface area (Å²) in [7, 11) is 1.61. The Morgan fingerprint density at radius 2 is 2.05 bits per heavy atom. The van der Waals surface area contributed by atoms with Crippen LogP contribution in [0.3, 0.4) is 0 Å². The van der Waals surface area contributed by atoms with Crippen molar-refractivity contribution in [1.29, 1.82) is 0 Å². The second-order valence-electron chi connectivity index (χ2n) is 4.58. The van der Waals surface area contributed by atoms with Crippen LogP contribution < -0.4 is 0 Å². The zero-order valence-electron chi connectivity index (χ0n) is 12.1. The minimum atomic E-state index is -0.526. The molecular weight excluding hydrogens is 341 g/mol. The number of halogens is 2. The van der Waals surface area contributed by atoms with E-state index in [1.807, 2.05) is 0 Å². The lowest BCUT2D eigenvalue weighted by Crippen LogP contribution is -2.36. The highest BCUT2D eigenvalue weighted by atomic mass is 79.9. The topological polar surface area (TPSA) is 46.6 Å². The molecule has 1 unspecified atom stereocenters. The molecule has 1 amide bonds. The lowest BCUT2D eigenvalue weighted by atomic mass is 10.1. The maximum absolute atomic E-state index is 13.5. The first-order valence-electron chi connectivity index (χ1n) is 6.73. The number of amides is 1. The first-order valence-corrected chi connectivity index (χ1v) is 7.65. The average molecular weight is 360 g/mol. The van der Waals surface area contributed by atoms with Crippen LogP contribution in [0, 0.1) is 5.82 Å². The van der Waals surface area contributed by atoms with Crippen molar-refractivity contribution in [2.45, 2.75) is 24.6 Å². The normalized spacial score (nSPS) is 11.8. The monoisotopic (exact) mass is 359 g/mol. The van der Waals surface area contributed by atoms with Crippen molar-refractivity contribution in [3.63, 3.8) is 0 Å². The van der Waals surface area contributed by atoms with E-state index in [4.69, 9.17) is 4.74 Å². The lowest BCUT2D eigenvalue weighted by Gasteiger charge is -2.20. The Morgan fingerprint density at radius 1 is 1.38 bits per heavy atom. The molecule has 21 heavy (non-hydrogen) atoms. The van der Waals surface area contributed by atoms with Gasteiger partial charge in [-0.05, 0) is 25.0 Å². The molecule has 0 aliphatic rings. The number of ether oxygens (including phenoxy) is 1. The molecule has 0 N–H and O–H groups in total. The molecule has 1 aromatic rings. The maximum Gasteiger partial charge on any atom is 0.307 e. The number of alkyl halides is 1. The third-order valence-corrected chi connectivity index (χ3v) is 3.67. The van der Waals surface area contributed by atoms with E-state index in [9.17, 15) is 14.0 Å². The number of carbonyl (C=O) groups excluding carboxylic acids is 2. The van der Waals surface area contributed by atoms with Crippen LogP contribution in [0.4, 0.5) is 4.39 Å². The summed E-state index contributed by atoms with van der Waals surface area (Å²) in [5, 5.41) is 0. The first kappa shape index (κ1) is 17.6. The molecule has 1 aromatic carbocycles. The third kappa shape index (κ3) is 5.83. The Labute approximate surface area is 132 Å². The van der Waals surface area contributed by atoms with Gasteiger partial charge in [-0.1, -0.05) is 34.1 Å². The standard InChI is InChI=1S/C15H19BrFNO3/c1-3-21-14(19)8-9-18(2)15(20)12(16)10-11-6-4-5-7-13(11)17/h4-7,12H,3,8-10H2,1-2H3. The third-order valence-electron chi connectivity index (χ3n) is 2.96. The van der Waals surface area contributed by atoms with Crippen molar-refractivity contribution in [2.75, 3.05) is 20.2 Å². The van der Waals surface area contributed by atoms with Crippen LogP contribution >= 0.6 is 15.9 Å². The van der Waals surface area contributed by atoms with Crippen molar-refractivity contribution in [1.82, 2.24) is 4.90 Å². The molecule has 1 rings (SSSR count). The van der Waals surface area contributed by atoms with Gasteiger partial charge in [0.2, 0.25) is 5.91 Å². The summed E-state index contributed by atoms with van der Waals surface area (Å²) < 4.78 is 18.4. The van der Waals surface area contributed by atoms with Crippen LogP contribution in [0.5, 0.6) is 0 Å². The average Bonchev–Trinajstić information content (AvgIpc) is 2.46. The van der Waals surface area contributed by atoms with Crippen molar-refractivity contribution in [3.05, 3.63) is 35.6 Å². The van der Waals surface area contributed by atoms with Gasteiger partial charge in [0.1, 0.15) is 5.82 Å². The van der Waals surface area contributed by atoms with E-state index in [0.29, 0.717) is 12.2 Å². The van der Waals surface area contributed by atoms with Gasteiger partial charge in [-0.15, -0.1) is 0 Å². The molecule has 0 saturated heterocycles. The van der Waals surface area contributed by atoms with Gasteiger partial charge < -0.3 is 9.64 Å². The van der Waals surface area contributed by atoms with Crippen LogP contribution in [0.25, 0.3) is 0 Å². The largest absolute Gasteiger partial charge is 0.466 e. The predicted octanol–water partition coefficient (Wildman–Crippen LogP) is 2.54. The smallest absolute Gasteiger partial charge is 0.307 e. The highest BCUT2D eigenvalue weighted by Crippen LogP contribution is 2.15. The Morgan fingerprint density at radius 3 is 2.67 bits per heavy atom. The molecule has 0 fully saturated rings. The summed E-state index contributed by atoms with van der Waals surface area (Å²) >= 11 is 3.28. The Bertz CT molecular complexity index is 496. The van der Waals surface area contributed by atoms with E-state index < -0.39 is 4.83 Å². The number of hydrogen-bond acceptors (Lipinski definition) is 3. The molecule has 0 aliphatic heterocycles. The molecule has 6 heteroatoms. The summed E-state index contributed by atoms with van der Waals surface area (Å²) in [5.41, 5.74) is 0.478. The van der Waals surface area contributed by atoms with Gasteiger partial charge in [-0.2, -0.15) is 0 Å². The van der Waals surface area contributed by atoms with Crippen molar-refractivity contribution in [2.24, 2.45) is 0 Å². The fourth-order valence-electron chi connectivity index (χ4n) is 1.79. The number of hydrogen-bond donors (Lipinski definition) is 0. The molecule has 0 bridgehead atoms. The van der Waals surface area contributed by atoms with Gasteiger partial charge in [0.25, 0.3) is 0 Å². The van der Waals surface area contributed by atoms with Gasteiger partial charge in [-0.25, -0.2) is 4.39 Å². The van der Waals surface area contributed by atoms with Crippen LogP contribution in [0.2, 0.25) is 0 Å². The molecule has 116 valence electrons. The van der Waals surface area contributed by atoms with Gasteiger partial charge in [0, 0.05) is 13.6 Å². The van der Waals surface area contributed by atoms with Gasteiger partial charge in [0.15, 0.2) is 0 Å². The van der Waals surface area contributed by atoms with E-state index in [1.165, 1.54) is 11.0 Å². The summed E-state index contributed by atoms with van der Waals surface area (Å²) in [6.45, 7) is 2.33. The number of carbonyl (C=O) groups is 2. The summed E-state index contributed by atoms with van der Waals surface area (Å²) in [6.07, 6.45) is 0.407. The minimum Gasteiger partial charge on any atom is -0.466 e. The first-order chi connectivity index (χ1) is 9.95. The second kappa shape index (κ2) is 8.77. The number of nitrogens with zero attached hydrogens (tertiary/aromatic N) is 1.